The van der Waals surface area contributed by atoms with Gasteiger partial charge in [-0.05, 0) is 50.3 Å². The van der Waals surface area contributed by atoms with Gasteiger partial charge < -0.3 is 15.3 Å². The zero-order valence-electron chi connectivity index (χ0n) is 14.6. The number of halogens is 1. The average Bonchev–Trinajstić information content (AvgIpc) is 3.24. The van der Waals surface area contributed by atoms with Crippen LogP contribution in [0.15, 0.2) is 24.3 Å². The van der Waals surface area contributed by atoms with Gasteiger partial charge in [-0.3, -0.25) is 4.90 Å². The number of aliphatic hydroxyl groups excluding tert-OH is 1. The lowest BCUT2D eigenvalue weighted by molar-refractivity contribution is 0.167. The fourth-order valence-corrected chi connectivity index (χ4v) is 4.40. The van der Waals surface area contributed by atoms with Gasteiger partial charge in [-0.2, -0.15) is 0 Å². The van der Waals surface area contributed by atoms with Crippen molar-refractivity contribution in [2.45, 2.75) is 62.9 Å². The average molecular weight is 347 g/mol. The second-order valence-electron chi connectivity index (χ2n) is 7.77. The van der Waals surface area contributed by atoms with E-state index in [1.165, 1.54) is 25.0 Å². The van der Waals surface area contributed by atoms with Crippen molar-refractivity contribution in [1.29, 1.82) is 0 Å². The number of amides is 2. The summed E-state index contributed by atoms with van der Waals surface area (Å²) in [5.41, 5.74) is 0.742. The first-order valence-electron chi connectivity index (χ1n) is 9.27. The maximum atomic E-state index is 13.6. The zero-order chi connectivity index (χ0) is 17.6. The molecule has 0 spiro atoms. The highest BCUT2D eigenvalue weighted by molar-refractivity contribution is 5.75. The number of nitrogens with zero attached hydrogens (tertiary/aromatic N) is 2. The number of benzene rings is 1. The van der Waals surface area contributed by atoms with Gasteiger partial charge >= 0.3 is 6.03 Å². The summed E-state index contributed by atoms with van der Waals surface area (Å²) in [6.07, 6.45) is 3.38. The Morgan fingerprint density at radius 3 is 2.80 bits per heavy atom. The zero-order valence-corrected chi connectivity index (χ0v) is 14.6. The van der Waals surface area contributed by atoms with E-state index in [2.05, 4.69) is 17.1 Å². The Morgan fingerprint density at radius 1 is 1.28 bits per heavy atom. The standard InChI is InChI=1S/C19H26FN3O2/c1-12-7-15(10-22(12)16-5-6-16)21-19(25)23-11-17(24)9-18(23)13-3-2-4-14(20)8-13/h2-4,8,12,15-18,24H,5-7,9-11H2,1H3,(H,21,25)/t12-,15+,17-,18-/m1/s1. The number of hydrogen-bond donors (Lipinski definition) is 2. The van der Waals surface area contributed by atoms with E-state index in [0.717, 1.165) is 18.5 Å². The lowest BCUT2D eigenvalue weighted by Crippen LogP contribution is -2.46. The molecule has 0 bridgehead atoms. The predicted octanol–water partition coefficient (Wildman–Crippen LogP) is 2.27. The van der Waals surface area contributed by atoms with Crippen LogP contribution in [0, 0.1) is 5.82 Å². The van der Waals surface area contributed by atoms with E-state index >= 15 is 0 Å². The highest BCUT2D eigenvalue weighted by atomic mass is 19.1. The summed E-state index contributed by atoms with van der Waals surface area (Å²) in [5, 5.41) is 13.2. The van der Waals surface area contributed by atoms with Gasteiger partial charge in [0.05, 0.1) is 12.1 Å². The molecule has 2 heterocycles. The van der Waals surface area contributed by atoms with Crippen LogP contribution < -0.4 is 5.32 Å². The Kier molecular flexibility index (Phi) is 4.41. The van der Waals surface area contributed by atoms with Crippen molar-refractivity contribution in [3.63, 3.8) is 0 Å². The van der Waals surface area contributed by atoms with Crippen LogP contribution in [0.3, 0.4) is 0 Å². The highest BCUT2D eigenvalue weighted by Gasteiger charge is 2.41. The quantitative estimate of drug-likeness (QED) is 0.882. The van der Waals surface area contributed by atoms with Crippen LogP contribution in [0.1, 0.15) is 44.2 Å². The number of nitrogens with one attached hydrogen (secondary N) is 1. The van der Waals surface area contributed by atoms with E-state index in [0.29, 0.717) is 25.0 Å². The number of carbonyl (C=O) groups excluding carboxylic acids is 1. The number of rotatable bonds is 3. The minimum absolute atomic E-state index is 0.147. The summed E-state index contributed by atoms with van der Waals surface area (Å²) < 4.78 is 13.6. The molecule has 0 radical (unpaired) electrons. The molecule has 1 saturated carbocycles. The molecule has 4 atom stereocenters. The van der Waals surface area contributed by atoms with Crippen LogP contribution >= 0.6 is 0 Å². The summed E-state index contributed by atoms with van der Waals surface area (Å²) >= 11 is 0. The maximum Gasteiger partial charge on any atom is 0.318 e. The van der Waals surface area contributed by atoms with E-state index in [4.69, 9.17) is 0 Å². The Labute approximate surface area is 147 Å². The molecular weight excluding hydrogens is 321 g/mol. The van der Waals surface area contributed by atoms with Gasteiger partial charge in [0.15, 0.2) is 0 Å². The van der Waals surface area contributed by atoms with Crippen molar-refractivity contribution < 1.29 is 14.3 Å². The number of β-amino-alcohol motifs (C(OH)–C–C–N with tert-alkyl or cyclic N) is 1. The van der Waals surface area contributed by atoms with Crippen molar-refractivity contribution in [3.05, 3.63) is 35.6 Å². The van der Waals surface area contributed by atoms with E-state index in [1.54, 1.807) is 11.0 Å². The van der Waals surface area contributed by atoms with E-state index in [1.807, 2.05) is 6.07 Å². The largest absolute Gasteiger partial charge is 0.391 e. The molecule has 1 aliphatic carbocycles. The van der Waals surface area contributed by atoms with E-state index in [-0.39, 0.29) is 23.9 Å². The first kappa shape index (κ1) is 16.8. The van der Waals surface area contributed by atoms with Gasteiger partial charge in [-0.15, -0.1) is 0 Å². The molecule has 6 heteroatoms. The fraction of sp³-hybridized carbons (Fsp3) is 0.632. The molecule has 136 valence electrons. The van der Waals surface area contributed by atoms with Crippen LogP contribution in [-0.2, 0) is 0 Å². The SMILES string of the molecule is C[C@@H]1C[C@H](NC(=O)N2C[C@H](O)C[C@@H]2c2cccc(F)c2)CN1C1CC1. The Morgan fingerprint density at radius 2 is 2.08 bits per heavy atom. The molecule has 1 aromatic carbocycles. The van der Waals surface area contributed by atoms with Crippen molar-refractivity contribution in [3.8, 4) is 0 Å². The van der Waals surface area contributed by atoms with Crippen molar-refractivity contribution in [2.24, 2.45) is 0 Å². The minimum atomic E-state index is -0.565. The monoisotopic (exact) mass is 347 g/mol. The topological polar surface area (TPSA) is 55.8 Å². The Balaban J connectivity index is 1.43. The van der Waals surface area contributed by atoms with Gasteiger partial charge in [0.1, 0.15) is 5.82 Å². The van der Waals surface area contributed by atoms with Gasteiger partial charge in [0.25, 0.3) is 0 Å². The number of aliphatic hydroxyl groups is 1. The second-order valence-corrected chi connectivity index (χ2v) is 7.77. The molecule has 3 aliphatic rings. The molecule has 2 aliphatic heterocycles. The van der Waals surface area contributed by atoms with Crippen molar-refractivity contribution in [1.82, 2.24) is 15.1 Å². The number of carbonyl (C=O) groups is 1. The third kappa shape index (κ3) is 3.51. The van der Waals surface area contributed by atoms with Crippen LogP contribution in [0.5, 0.6) is 0 Å². The van der Waals surface area contributed by atoms with Crippen LogP contribution in [0.2, 0.25) is 0 Å². The van der Waals surface area contributed by atoms with Gasteiger partial charge in [0, 0.05) is 31.2 Å². The lowest BCUT2D eigenvalue weighted by atomic mass is 10.0. The van der Waals surface area contributed by atoms with Crippen LogP contribution in [0.25, 0.3) is 0 Å². The molecule has 4 rings (SSSR count). The summed E-state index contributed by atoms with van der Waals surface area (Å²) in [7, 11) is 0. The highest BCUT2D eigenvalue weighted by Crippen LogP contribution is 2.35. The van der Waals surface area contributed by atoms with Gasteiger partial charge in [-0.1, -0.05) is 12.1 Å². The minimum Gasteiger partial charge on any atom is -0.391 e. The molecule has 0 aromatic heterocycles. The summed E-state index contributed by atoms with van der Waals surface area (Å²) in [6, 6.07) is 7.24. The summed E-state index contributed by atoms with van der Waals surface area (Å²) in [4.78, 5) is 17.0. The number of hydrogen-bond acceptors (Lipinski definition) is 3. The predicted molar refractivity (Wildman–Crippen MR) is 92.6 cm³/mol. The molecule has 0 unspecified atom stereocenters. The Hall–Kier alpha value is -1.66. The molecule has 2 amide bonds. The molecule has 1 aromatic rings. The van der Waals surface area contributed by atoms with Gasteiger partial charge in [0.2, 0.25) is 0 Å². The van der Waals surface area contributed by atoms with E-state index in [9.17, 15) is 14.3 Å². The normalized spacial score (nSPS) is 33.0. The smallest absolute Gasteiger partial charge is 0.318 e. The third-order valence-electron chi connectivity index (χ3n) is 5.74. The fourth-order valence-electron chi connectivity index (χ4n) is 4.40. The van der Waals surface area contributed by atoms with Crippen LogP contribution in [0.4, 0.5) is 9.18 Å². The second kappa shape index (κ2) is 6.57. The molecule has 3 fully saturated rings. The van der Waals surface area contributed by atoms with Gasteiger partial charge in [-0.25, -0.2) is 9.18 Å². The number of likely N-dealkylation sites (tertiary alicyclic amines) is 2. The Bertz CT molecular complexity index is 651. The van der Waals surface area contributed by atoms with E-state index < -0.39 is 6.10 Å². The van der Waals surface area contributed by atoms with Crippen molar-refractivity contribution in [2.75, 3.05) is 13.1 Å². The molecule has 2 saturated heterocycles. The maximum absolute atomic E-state index is 13.6. The molecule has 25 heavy (non-hydrogen) atoms. The van der Waals surface area contributed by atoms with Crippen molar-refractivity contribution >= 4 is 6.03 Å². The third-order valence-corrected chi connectivity index (χ3v) is 5.74. The first-order valence-corrected chi connectivity index (χ1v) is 9.27. The first-order chi connectivity index (χ1) is 12.0. The molecular formula is C19H26FN3O2. The number of urea groups is 1. The van der Waals surface area contributed by atoms with Crippen LogP contribution in [-0.4, -0.2) is 58.3 Å². The summed E-state index contributed by atoms with van der Waals surface area (Å²) in [6.45, 7) is 3.42. The lowest BCUT2D eigenvalue weighted by Gasteiger charge is -2.27. The summed E-state index contributed by atoms with van der Waals surface area (Å²) in [5.74, 6) is -0.316. The molecule has 5 nitrogen and oxygen atoms in total. The molecule has 2 N–H and O–H groups in total.